The van der Waals surface area contributed by atoms with E-state index in [0.29, 0.717) is 23.4 Å². The lowest BCUT2D eigenvalue weighted by Crippen LogP contribution is -2.25. The van der Waals surface area contributed by atoms with Crippen LogP contribution in [0.5, 0.6) is 0 Å². The molecule has 1 aliphatic heterocycles. The molecule has 1 amide bonds. The first-order valence-corrected chi connectivity index (χ1v) is 9.75. The Balaban J connectivity index is 1.99. The molecule has 1 aliphatic rings. The van der Waals surface area contributed by atoms with Crippen molar-refractivity contribution in [3.63, 3.8) is 0 Å². The van der Waals surface area contributed by atoms with Crippen LogP contribution in [0.15, 0.2) is 54.6 Å². The SMILES string of the molecule is C=C(C#N)CN1Cc2c(cccc2-c2cccc(NS(C)(=O)=O)c2)C1=O. The summed E-state index contributed by atoms with van der Waals surface area (Å²) in [5.41, 5.74) is 3.91. The molecule has 0 unspecified atom stereocenters. The monoisotopic (exact) mass is 367 g/mol. The summed E-state index contributed by atoms with van der Waals surface area (Å²) < 4.78 is 25.4. The van der Waals surface area contributed by atoms with Crippen LogP contribution in [0.25, 0.3) is 11.1 Å². The Morgan fingerprint density at radius 2 is 1.96 bits per heavy atom. The van der Waals surface area contributed by atoms with E-state index in [2.05, 4.69) is 11.3 Å². The number of anilines is 1. The zero-order valence-electron chi connectivity index (χ0n) is 14.2. The maximum atomic E-state index is 12.6. The molecule has 132 valence electrons. The fourth-order valence-electron chi connectivity index (χ4n) is 3.02. The molecule has 0 radical (unpaired) electrons. The van der Waals surface area contributed by atoms with E-state index in [-0.39, 0.29) is 12.5 Å². The molecule has 2 aromatic rings. The number of sulfonamides is 1. The number of fused-ring (bicyclic) bond motifs is 1. The van der Waals surface area contributed by atoms with Gasteiger partial charge in [0.25, 0.3) is 5.91 Å². The summed E-state index contributed by atoms with van der Waals surface area (Å²) in [4.78, 5) is 14.2. The van der Waals surface area contributed by atoms with E-state index in [9.17, 15) is 13.2 Å². The minimum atomic E-state index is -3.37. The number of carbonyl (C=O) groups excluding carboxylic acids is 1. The molecule has 0 saturated carbocycles. The normalized spacial score (nSPS) is 13.2. The van der Waals surface area contributed by atoms with Gasteiger partial charge in [0.1, 0.15) is 0 Å². The van der Waals surface area contributed by atoms with Crippen molar-refractivity contribution in [1.82, 2.24) is 4.90 Å². The highest BCUT2D eigenvalue weighted by atomic mass is 32.2. The van der Waals surface area contributed by atoms with Gasteiger partial charge >= 0.3 is 0 Å². The van der Waals surface area contributed by atoms with E-state index < -0.39 is 10.0 Å². The third-order valence-electron chi connectivity index (χ3n) is 4.06. The van der Waals surface area contributed by atoms with E-state index in [1.165, 1.54) is 0 Å². The van der Waals surface area contributed by atoms with Crippen LogP contribution >= 0.6 is 0 Å². The molecule has 0 spiro atoms. The van der Waals surface area contributed by atoms with E-state index in [0.717, 1.165) is 22.9 Å². The largest absolute Gasteiger partial charge is 0.329 e. The quantitative estimate of drug-likeness (QED) is 0.823. The van der Waals surface area contributed by atoms with Crippen LogP contribution in [-0.4, -0.2) is 32.0 Å². The van der Waals surface area contributed by atoms with E-state index in [1.807, 2.05) is 18.2 Å². The fourth-order valence-corrected chi connectivity index (χ4v) is 3.57. The maximum absolute atomic E-state index is 12.6. The summed E-state index contributed by atoms with van der Waals surface area (Å²) in [7, 11) is -3.37. The number of hydrogen-bond acceptors (Lipinski definition) is 4. The van der Waals surface area contributed by atoms with Gasteiger partial charge in [-0.25, -0.2) is 8.42 Å². The summed E-state index contributed by atoms with van der Waals surface area (Å²) in [6, 6.07) is 14.4. The van der Waals surface area contributed by atoms with Gasteiger partial charge in [-0.3, -0.25) is 9.52 Å². The van der Waals surface area contributed by atoms with Gasteiger partial charge in [-0.05, 0) is 34.9 Å². The Morgan fingerprint density at radius 1 is 1.27 bits per heavy atom. The maximum Gasteiger partial charge on any atom is 0.254 e. The summed E-state index contributed by atoms with van der Waals surface area (Å²) in [5, 5.41) is 8.91. The van der Waals surface area contributed by atoms with Gasteiger partial charge in [0.15, 0.2) is 0 Å². The molecular weight excluding hydrogens is 350 g/mol. The summed E-state index contributed by atoms with van der Waals surface area (Å²) in [6.45, 7) is 4.22. The molecule has 0 bridgehead atoms. The molecule has 3 rings (SSSR count). The molecule has 0 aliphatic carbocycles. The van der Waals surface area contributed by atoms with Gasteiger partial charge in [-0.1, -0.05) is 30.8 Å². The Morgan fingerprint density at radius 3 is 2.65 bits per heavy atom. The van der Waals surface area contributed by atoms with Crippen LogP contribution in [0.1, 0.15) is 15.9 Å². The van der Waals surface area contributed by atoms with Crippen molar-refractivity contribution in [2.24, 2.45) is 0 Å². The van der Waals surface area contributed by atoms with Crippen LogP contribution in [-0.2, 0) is 16.6 Å². The zero-order valence-corrected chi connectivity index (χ0v) is 15.0. The lowest BCUT2D eigenvalue weighted by molar-refractivity contribution is 0.0794. The predicted octanol–water partition coefficient (Wildman–Crippen LogP) is 2.76. The first-order valence-electron chi connectivity index (χ1n) is 7.86. The van der Waals surface area contributed by atoms with Gasteiger partial charge in [0, 0.05) is 23.4 Å². The highest BCUT2D eigenvalue weighted by Gasteiger charge is 2.29. The second-order valence-electron chi connectivity index (χ2n) is 6.16. The van der Waals surface area contributed by atoms with Crippen molar-refractivity contribution < 1.29 is 13.2 Å². The summed E-state index contributed by atoms with van der Waals surface area (Å²) >= 11 is 0. The first-order chi connectivity index (χ1) is 12.3. The van der Waals surface area contributed by atoms with Crippen molar-refractivity contribution in [3.05, 3.63) is 65.7 Å². The highest BCUT2D eigenvalue weighted by molar-refractivity contribution is 7.92. The Bertz CT molecular complexity index is 1050. The van der Waals surface area contributed by atoms with Gasteiger partial charge in [0.2, 0.25) is 10.0 Å². The minimum absolute atomic E-state index is 0.135. The topological polar surface area (TPSA) is 90.3 Å². The number of nitriles is 1. The highest BCUT2D eigenvalue weighted by Crippen LogP contribution is 2.34. The van der Waals surface area contributed by atoms with Gasteiger partial charge < -0.3 is 4.90 Å². The van der Waals surface area contributed by atoms with E-state index in [4.69, 9.17) is 5.26 Å². The molecular formula is C19H17N3O3S. The molecule has 0 aromatic heterocycles. The number of benzene rings is 2. The Labute approximate surface area is 152 Å². The van der Waals surface area contributed by atoms with Crippen LogP contribution in [0.3, 0.4) is 0 Å². The molecule has 2 aromatic carbocycles. The summed E-state index contributed by atoms with van der Waals surface area (Å²) in [5.74, 6) is -0.135. The molecule has 1 heterocycles. The molecule has 0 atom stereocenters. The van der Waals surface area contributed by atoms with Crippen molar-refractivity contribution in [3.8, 4) is 17.2 Å². The molecule has 1 N–H and O–H groups in total. The van der Waals surface area contributed by atoms with E-state index in [1.54, 1.807) is 35.2 Å². The molecule has 6 nitrogen and oxygen atoms in total. The minimum Gasteiger partial charge on any atom is -0.329 e. The van der Waals surface area contributed by atoms with Crippen LogP contribution < -0.4 is 4.72 Å². The lowest BCUT2D eigenvalue weighted by atomic mass is 9.97. The lowest BCUT2D eigenvalue weighted by Gasteiger charge is -2.14. The average molecular weight is 367 g/mol. The van der Waals surface area contributed by atoms with Crippen molar-refractivity contribution in [2.75, 3.05) is 17.5 Å². The number of amides is 1. The second-order valence-corrected chi connectivity index (χ2v) is 7.91. The molecule has 0 fully saturated rings. The van der Waals surface area contributed by atoms with Gasteiger partial charge in [-0.2, -0.15) is 5.26 Å². The zero-order chi connectivity index (χ0) is 18.9. The third kappa shape index (κ3) is 3.60. The van der Waals surface area contributed by atoms with Crippen LogP contribution in [0.4, 0.5) is 5.69 Å². The number of nitrogens with one attached hydrogen (secondary N) is 1. The first kappa shape index (κ1) is 17.7. The average Bonchev–Trinajstić information content (AvgIpc) is 2.89. The number of nitrogens with zero attached hydrogens (tertiary/aromatic N) is 2. The standard InChI is InChI=1S/C19H17N3O3S/c1-13(10-20)11-22-12-18-16(7-4-8-17(18)19(22)23)14-5-3-6-15(9-14)21-26(2,24)25/h3-9,21H,1,11-12H2,2H3. The Kier molecular flexibility index (Phi) is 4.53. The molecule has 7 heteroatoms. The number of carbonyl (C=O) groups is 1. The second kappa shape index (κ2) is 6.65. The van der Waals surface area contributed by atoms with Crippen LogP contribution in [0, 0.1) is 11.3 Å². The van der Waals surface area contributed by atoms with Crippen LogP contribution in [0.2, 0.25) is 0 Å². The summed E-state index contributed by atoms with van der Waals surface area (Å²) in [6.07, 6.45) is 1.10. The van der Waals surface area contributed by atoms with Gasteiger partial charge in [-0.15, -0.1) is 0 Å². The van der Waals surface area contributed by atoms with Crippen molar-refractivity contribution in [1.29, 1.82) is 5.26 Å². The number of rotatable bonds is 5. The predicted molar refractivity (Wildman–Crippen MR) is 99.8 cm³/mol. The van der Waals surface area contributed by atoms with Crippen molar-refractivity contribution >= 4 is 21.6 Å². The number of hydrogen-bond donors (Lipinski definition) is 1. The Hall–Kier alpha value is -3.11. The smallest absolute Gasteiger partial charge is 0.254 e. The third-order valence-corrected chi connectivity index (χ3v) is 4.67. The van der Waals surface area contributed by atoms with E-state index >= 15 is 0 Å². The molecule has 26 heavy (non-hydrogen) atoms. The van der Waals surface area contributed by atoms with Gasteiger partial charge in [0.05, 0.1) is 18.9 Å². The fraction of sp³-hybridized carbons (Fsp3) is 0.158. The molecule has 0 saturated heterocycles. The van der Waals surface area contributed by atoms with Crippen molar-refractivity contribution in [2.45, 2.75) is 6.54 Å².